The fourth-order valence-corrected chi connectivity index (χ4v) is 4.41. The zero-order valence-corrected chi connectivity index (χ0v) is 16.0. The van der Waals surface area contributed by atoms with Crippen molar-refractivity contribution in [1.29, 1.82) is 0 Å². The molecular formula is C23H29Cl. The maximum absolute atomic E-state index is 6.88. The molecule has 1 unspecified atom stereocenters. The van der Waals surface area contributed by atoms with Crippen LogP contribution in [0.1, 0.15) is 69.1 Å². The van der Waals surface area contributed by atoms with Gasteiger partial charge in [0.1, 0.15) is 0 Å². The first-order valence-electron chi connectivity index (χ1n) is 9.47. The molecule has 0 heterocycles. The lowest BCUT2D eigenvalue weighted by Gasteiger charge is -2.18. The summed E-state index contributed by atoms with van der Waals surface area (Å²) in [5.41, 5.74) is 6.92. The number of benzene rings is 2. The predicted octanol–water partition coefficient (Wildman–Crippen LogP) is 7.43. The van der Waals surface area contributed by atoms with Crippen molar-refractivity contribution in [2.45, 2.75) is 65.2 Å². The summed E-state index contributed by atoms with van der Waals surface area (Å²) in [6, 6.07) is 13.3. The molecule has 0 aliphatic heterocycles. The molecular weight excluding hydrogens is 312 g/mol. The van der Waals surface area contributed by atoms with Crippen LogP contribution in [0.5, 0.6) is 0 Å². The van der Waals surface area contributed by atoms with Gasteiger partial charge >= 0.3 is 0 Å². The van der Waals surface area contributed by atoms with Crippen LogP contribution in [-0.2, 0) is 12.8 Å². The van der Waals surface area contributed by atoms with Crippen molar-refractivity contribution in [3.63, 3.8) is 0 Å². The molecule has 2 aromatic rings. The molecule has 0 bridgehead atoms. The minimum atomic E-state index is 0.521. The molecule has 1 aliphatic carbocycles. The normalized spacial score (nSPS) is 14.9. The van der Waals surface area contributed by atoms with Gasteiger partial charge in [-0.1, -0.05) is 81.6 Å². The van der Waals surface area contributed by atoms with Crippen LogP contribution in [0.25, 0.3) is 11.1 Å². The van der Waals surface area contributed by atoms with Gasteiger partial charge in [-0.15, -0.1) is 0 Å². The van der Waals surface area contributed by atoms with Crippen molar-refractivity contribution >= 4 is 11.6 Å². The quantitative estimate of drug-likeness (QED) is 0.513. The fourth-order valence-electron chi connectivity index (χ4n) is 4.00. The van der Waals surface area contributed by atoms with Crippen LogP contribution in [-0.4, -0.2) is 0 Å². The van der Waals surface area contributed by atoms with Gasteiger partial charge in [0.15, 0.2) is 0 Å². The molecule has 0 saturated carbocycles. The number of rotatable bonds is 6. The highest BCUT2D eigenvalue weighted by Crippen LogP contribution is 2.39. The van der Waals surface area contributed by atoms with Gasteiger partial charge in [0.05, 0.1) is 5.02 Å². The molecule has 3 rings (SSSR count). The third-order valence-corrected chi connectivity index (χ3v) is 5.84. The lowest BCUT2D eigenvalue weighted by Crippen LogP contribution is -1.98. The second kappa shape index (κ2) is 7.74. The van der Waals surface area contributed by atoms with Gasteiger partial charge in [-0.25, -0.2) is 0 Å². The maximum Gasteiger partial charge on any atom is 0.0519 e. The molecule has 0 spiro atoms. The highest BCUT2D eigenvalue weighted by molar-refractivity contribution is 6.34. The largest absolute Gasteiger partial charge is 0.0833 e. The van der Waals surface area contributed by atoms with E-state index in [0.717, 1.165) is 10.9 Å². The van der Waals surface area contributed by atoms with Crippen molar-refractivity contribution in [3.05, 3.63) is 58.1 Å². The molecule has 1 heteroatoms. The average molecular weight is 341 g/mol. The smallest absolute Gasteiger partial charge is 0.0519 e. The minimum Gasteiger partial charge on any atom is -0.0833 e. The Hall–Kier alpha value is -1.27. The van der Waals surface area contributed by atoms with Crippen LogP contribution in [0.2, 0.25) is 5.02 Å². The van der Waals surface area contributed by atoms with Gasteiger partial charge in [-0.3, -0.25) is 0 Å². The van der Waals surface area contributed by atoms with E-state index in [1.54, 1.807) is 0 Å². The Kier molecular flexibility index (Phi) is 5.66. The second-order valence-corrected chi connectivity index (χ2v) is 8.11. The highest BCUT2D eigenvalue weighted by atomic mass is 35.5. The molecule has 0 amide bonds. The summed E-state index contributed by atoms with van der Waals surface area (Å²) < 4.78 is 0. The summed E-state index contributed by atoms with van der Waals surface area (Å²) in [6.45, 7) is 6.92. The SMILES string of the molecule is CC(C)CCCC(C)c1cccc(-c2cccc3c2CCC3)c1Cl. The van der Waals surface area contributed by atoms with Crippen LogP contribution < -0.4 is 0 Å². The van der Waals surface area contributed by atoms with E-state index < -0.39 is 0 Å². The number of fused-ring (bicyclic) bond motifs is 1. The first-order chi connectivity index (χ1) is 11.6. The number of hydrogen-bond acceptors (Lipinski definition) is 0. The number of aryl methyl sites for hydroxylation is 1. The second-order valence-electron chi connectivity index (χ2n) is 7.73. The summed E-state index contributed by atoms with van der Waals surface area (Å²) in [5, 5.41) is 0.967. The Labute approximate surface area is 152 Å². The summed E-state index contributed by atoms with van der Waals surface area (Å²) >= 11 is 6.88. The highest BCUT2D eigenvalue weighted by Gasteiger charge is 2.19. The first kappa shape index (κ1) is 17.5. The van der Waals surface area contributed by atoms with Crippen LogP contribution in [0.3, 0.4) is 0 Å². The van der Waals surface area contributed by atoms with E-state index in [2.05, 4.69) is 57.2 Å². The molecule has 0 aromatic heterocycles. The first-order valence-corrected chi connectivity index (χ1v) is 9.85. The monoisotopic (exact) mass is 340 g/mol. The molecule has 0 fully saturated rings. The lowest BCUT2D eigenvalue weighted by molar-refractivity contribution is 0.513. The minimum absolute atomic E-state index is 0.521. The van der Waals surface area contributed by atoms with Gasteiger partial charge in [0.2, 0.25) is 0 Å². The molecule has 2 aromatic carbocycles. The van der Waals surface area contributed by atoms with Gasteiger partial charge in [0.25, 0.3) is 0 Å². The van der Waals surface area contributed by atoms with Gasteiger partial charge < -0.3 is 0 Å². The lowest BCUT2D eigenvalue weighted by atomic mass is 9.89. The van der Waals surface area contributed by atoms with E-state index in [0.29, 0.717) is 5.92 Å². The van der Waals surface area contributed by atoms with E-state index in [-0.39, 0.29) is 0 Å². The Morgan fingerprint density at radius 3 is 2.46 bits per heavy atom. The van der Waals surface area contributed by atoms with E-state index >= 15 is 0 Å². The Bertz CT molecular complexity index is 699. The van der Waals surface area contributed by atoms with Crippen molar-refractivity contribution < 1.29 is 0 Å². The van der Waals surface area contributed by atoms with Crippen LogP contribution in [0.15, 0.2) is 36.4 Å². The number of hydrogen-bond donors (Lipinski definition) is 0. The summed E-state index contributed by atoms with van der Waals surface area (Å²) in [5.74, 6) is 1.30. The van der Waals surface area contributed by atoms with Crippen LogP contribution >= 0.6 is 11.6 Å². The van der Waals surface area contributed by atoms with Gasteiger partial charge in [-0.2, -0.15) is 0 Å². The topological polar surface area (TPSA) is 0 Å². The van der Waals surface area contributed by atoms with Crippen molar-refractivity contribution in [1.82, 2.24) is 0 Å². The maximum atomic E-state index is 6.88. The molecule has 0 radical (unpaired) electrons. The fraction of sp³-hybridized carbons (Fsp3) is 0.478. The Morgan fingerprint density at radius 1 is 0.917 bits per heavy atom. The molecule has 0 nitrogen and oxygen atoms in total. The van der Waals surface area contributed by atoms with Crippen molar-refractivity contribution in [2.24, 2.45) is 5.92 Å². The van der Waals surface area contributed by atoms with E-state index in [9.17, 15) is 0 Å². The van der Waals surface area contributed by atoms with Crippen LogP contribution in [0, 0.1) is 5.92 Å². The standard InChI is InChI=1S/C23H29Cl/c1-16(2)8-4-9-17(3)19-12-7-15-22(23(19)24)21-14-6-11-18-10-5-13-20(18)21/h6-7,11-12,14-17H,4-5,8-10,13H2,1-3H3. The predicted molar refractivity (Wildman–Crippen MR) is 106 cm³/mol. The molecule has 128 valence electrons. The summed E-state index contributed by atoms with van der Waals surface area (Å²) in [6.07, 6.45) is 7.47. The molecule has 0 N–H and O–H groups in total. The van der Waals surface area contributed by atoms with Crippen LogP contribution in [0.4, 0.5) is 0 Å². The van der Waals surface area contributed by atoms with E-state index in [1.165, 1.54) is 66.3 Å². The van der Waals surface area contributed by atoms with Gasteiger partial charge in [0, 0.05) is 5.56 Å². The summed E-state index contributed by atoms with van der Waals surface area (Å²) in [4.78, 5) is 0. The Balaban J connectivity index is 1.88. The average Bonchev–Trinajstić information content (AvgIpc) is 3.03. The Morgan fingerprint density at radius 2 is 1.67 bits per heavy atom. The zero-order valence-electron chi connectivity index (χ0n) is 15.2. The molecule has 24 heavy (non-hydrogen) atoms. The number of halogens is 1. The van der Waals surface area contributed by atoms with E-state index in [1.807, 2.05) is 0 Å². The third kappa shape index (κ3) is 3.70. The molecule has 1 aliphatic rings. The third-order valence-electron chi connectivity index (χ3n) is 5.41. The van der Waals surface area contributed by atoms with Gasteiger partial charge in [-0.05, 0) is 59.8 Å². The summed E-state index contributed by atoms with van der Waals surface area (Å²) in [7, 11) is 0. The zero-order chi connectivity index (χ0) is 17.1. The van der Waals surface area contributed by atoms with Crippen molar-refractivity contribution in [2.75, 3.05) is 0 Å². The molecule has 0 saturated heterocycles. The van der Waals surface area contributed by atoms with Crippen molar-refractivity contribution in [3.8, 4) is 11.1 Å². The molecule has 1 atom stereocenters. The van der Waals surface area contributed by atoms with E-state index in [4.69, 9.17) is 11.6 Å².